The molecule has 0 aromatic rings. The molecule has 1 aliphatic heterocycles. The lowest BCUT2D eigenvalue weighted by molar-refractivity contribution is 0.341. The summed E-state index contributed by atoms with van der Waals surface area (Å²) in [7, 11) is 2.19. The van der Waals surface area contributed by atoms with Crippen LogP contribution in [0.15, 0.2) is 39.8 Å². The summed E-state index contributed by atoms with van der Waals surface area (Å²) < 4.78 is 0. The molecule has 0 saturated heterocycles. The standard InChI is InChI=1S/C21H33N/c1-16(11-9-10-14-20-12-7-6-8-13-20)21-18(3)17(2)15-22(5)19(21)4/h9,20H,6-8,10,12-15H2,1-5H3. The minimum absolute atomic E-state index is 0.970. The molecule has 0 spiro atoms. The average Bonchev–Trinajstić information content (AvgIpc) is 2.51. The lowest BCUT2D eigenvalue weighted by Crippen LogP contribution is -2.25. The number of nitrogens with zero attached hydrogens (tertiary/aromatic N) is 1. The van der Waals surface area contributed by atoms with Gasteiger partial charge in [-0.25, -0.2) is 0 Å². The van der Waals surface area contributed by atoms with Crippen molar-refractivity contribution in [3.63, 3.8) is 0 Å². The van der Waals surface area contributed by atoms with Gasteiger partial charge in [-0.3, -0.25) is 0 Å². The van der Waals surface area contributed by atoms with E-state index in [1.807, 2.05) is 0 Å². The van der Waals surface area contributed by atoms with E-state index in [2.05, 4.69) is 51.4 Å². The Bertz CT molecular complexity index is 520. The number of rotatable bonds is 4. The zero-order valence-electron chi connectivity index (χ0n) is 15.3. The molecule has 1 heteroatoms. The summed E-state index contributed by atoms with van der Waals surface area (Å²) >= 11 is 0. The van der Waals surface area contributed by atoms with Crippen LogP contribution in [0.25, 0.3) is 0 Å². The van der Waals surface area contributed by atoms with Gasteiger partial charge >= 0.3 is 0 Å². The van der Waals surface area contributed by atoms with Gasteiger partial charge in [0.05, 0.1) is 0 Å². The van der Waals surface area contributed by atoms with Gasteiger partial charge in [0, 0.05) is 24.9 Å². The topological polar surface area (TPSA) is 3.24 Å². The van der Waals surface area contributed by atoms with Gasteiger partial charge in [-0.05, 0) is 63.7 Å². The van der Waals surface area contributed by atoms with Crippen LogP contribution in [0.5, 0.6) is 0 Å². The molecule has 122 valence electrons. The molecule has 0 aromatic heterocycles. The molecule has 0 N–H and O–H groups in total. The van der Waals surface area contributed by atoms with E-state index in [0.717, 1.165) is 12.5 Å². The number of likely N-dealkylation sites (N-methyl/N-ethyl adjacent to an activating group) is 1. The summed E-state index contributed by atoms with van der Waals surface area (Å²) in [5, 5.41) is 0. The zero-order valence-corrected chi connectivity index (χ0v) is 15.3. The van der Waals surface area contributed by atoms with Crippen LogP contribution in [0, 0.1) is 5.92 Å². The molecular formula is C21H33N. The second kappa shape index (κ2) is 7.88. The number of hydrogen-bond donors (Lipinski definition) is 0. The SMILES string of the molecule is CC(=C=CCCC1CCCCC1)C1=C(C)N(C)CC(C)=C1C. The van der Waals surface area contributed by atoms with Crippen LogP contribution in [-0.2, 0) is 0 Å². The van der Waals surface area contributed by atoms with Gasteiger partial charge in [0.2, 0.25) is 0 Å². The van der Waals surface area contributed by atoms with Crippen LogP contribution in [-0.4, -0.2) is 18.5 Å². The van der Waals surface area contributed by atoms with Crippen molar-refractivity contribution in [3.8, 4) is 0 Å². The van der Waals surface area contributed by atoms with Crippen molar-refractivity contribution in [2.45, 2.75) is 72.6 Å². The first-order valence-electron chi connectivity index (χ1n) is 9.01. The normalized spacial score (nSPS) is 20.3. The molecule has 1 saturated carbocycles. The van der Waals surface area contributed by atoms with Gasteiger partial charge in [0.1, 0.15) is 0 Å². The molecule has 1 aliphatic carbocycles. The lowest BCUT2D eigenvalue weighted by atomic mass is 9.86. The lowest BCUT2D eigenvalue weighted by Gasteiger charge is -2.30. The van der Waals surface area contributed by atoms with Gasteiger partial charge in [0.25, 0.3) is 0 Å². The predicted octanol–water partition coefficient (Wildman–Crippen LogP) is 6.00. The molecular weight excluding hydrogens is 266 g/mol. The molecule has 0 unspecified atom stereocenters. The van der Waals surface area contributed by atoms with Crippen LogP contribution in [0.2, 0.25) is 0 Å². The average molecular weight is 300 g/mol. The second-order valence-electron chi connectivity index (χ2n) is 7.28. The summed E-state index contributed by atoms with van der Waals surface area (Å²) in [5.41, 5.74) is 10.6. The van der Waals surface area contributed by atoms with Crippen molar-refractivity contribution in [1.29, 1.82) is 0 Å². The van der Waals surface area contributed by atoms with Crippen molar-refractivity contribution >= 4 is 0 Å². The monoisotopic (exact) mass is 299 g/mol. The Morgan fingerprint density at radius 1 is 1.18 bits per heavy atom. The molecule has 22 heavy (non-hydrogen) atoms. The maximum atomic E-state index is 3.57. The van der Waals surface area contributed by atoms with Crippen molar-refractivity contribution in [2.24, 2.45) is 5.92 Å². The molecule has 1 heterocycles. The van der Waals surface area contributed by atoms with Gasteiger partial charge < -0.3 is 4.90 Å². The van der Waals surface area contributed by atoms with E-state index in [4.69, 9.17) is 0 Å². The van der Waals surface area contributed by atoms with E-state index in [0.29, 0.717) is 0 Å². The summed E-state index contributed by atoms with van der Waals surface area (Å²) in [6.45, 7) is 10.0. The first-order chi connectivity index (χ1) is 10.5. The largest absolute Gasteiger partial charge is 0.374 e. The maximum absolute atomic E-state index is 3.57. The van der Waals surface area contributed by atoms with Crippen LogP contribution in [0.3, 0.4) is 0 Å². The molecule has 0 amide bonds. The Hall–Kier alpha value is -1.20. The highest BCUT2D eigenvalue weighted by Crippen LogP contribution is 2.31. The minimum atomic E-state index is 0.970. The first-order valence-corrected chi connectivity index (χ1v) is 9.01. The third-order valence-electron chi connectivity index (χ3n) is 5.56. The highest BCUT2D eigenvalue weighted by Gasteiger charge is 2.18. The quantitative estimate of drug-likeness (QED) is 0.575. The minimum Gasteiger partial charge on any atom is -0.374 e. The van der Waals surface area contributed by atoms with Crippen LogP contribution in [0.1, 0.15) is 72.6 Å². The maximum Gasteiger partial charge on any atom is 0.0385 e. The van der Waals surface area contributed by atoms with Crippen molar-refractivity contribution < 1.29 is 0 Å². The fourth-order valence-electron chi connectivity index (χ4n) is 3.91. The number of hydrogen-bond acceptors (Lipinski definition) is 1. The summed E-state index contributed by atoms with van der Waals surface area (Å²) in [5.74, 6) is 0.970. The fraction of sp³-hybridized carbons (Fsp3) is 0.667. The number of allylic oxidation sites excluding steroid dienone is 4. The van der Waals surface area contributed by atoms with E-state index in [-0.39, 0.29) is 0 Å². The van der Waals surface area contributed by atoms with E-state index < -0.39 is 0 Å². The van der Waals surface area contributed by atoms with E-state index in [1.165, 1.54) is 72.9 Å². The Kier molecular flexibility index (Phi) is 6.15. The van der Waals surface area contributed by atoms with E-state index in [1.54, 1.807) is 0 Å². The summed E-state index contributed by atoms with van der Waals surface area (Å²) in [6, 6.07) is 0. The second-order valence-corrected chi connectivity index (χ2v) is 7.28. The molecule has 0 atom stereocenters. The third kappa shape index (κ3) is 4.17. The molecule has 1 fully saturated rings. The molecule has 0 bridgehead atoms. The van der Waals surface area contributed by atoms with Crippen LogP contribution < -0.4 is 0 Å². The van der Waals surface area contributed by atoms with E-state index in [9.17, 15) is 0 Å². The Labute approximate surface area is 137 Å². The molecule has 2 rings (SSSR count). The van der Waals surface area contributed by atoms with Gasteiger partial charge in [-0.1, -0.05) is 37.7 Å². The molecule has 2 aliphatic rings. The van der Waals surface area contributed by atoms with Crippen molar-refractivity contribution in [3.05, 3.63) is 39.8 Å². The predicted molar refractivity (Wildman–Crippen MR) is 96.8 cm³/mol. The summed E-state index contributed by atoms with van der Waals surface area (Å²) in [4.78, 5) is 2.35. The molecule has 1 nitrogen and oxygen atoms in total. The highest BCUT2D eigenvalue weighted by atomic mass is 15.1. The zero-order chi connectivity index (χ0) is 16.1. The van der Waals surface area contributed by atoms with Crippen LogP contribution >= 0.6 is 0 Å². The van der Waals surface area contributed by atoms with Gasteiger partial charge in [-0.2, -0.15) is 0 Å². The van der Waals surface area contributed by atoms with Crippen molar-refractivity contribution in [2.75, 3.05) is 13.6 Å². The summed E-state index contributed by atoms with van der Waals surface area (Å²) in [6.07, 6.45) is 12.1. The van der Waals surface area contributed by atoms with Gasteiger partial charge in [-0.15, -0.1) is 5.73 Å². The van der Waals surface area contributed by atoms with Crippen molar-refractivity contribution in [1.82, 2.24) is 4.90 Å². The third-order valence-corrected chi connectivity index (χ3v) is 5.56. The molecule has 0 aromatic carbocycles. The highest BCUT2D eigenvalue weighted by molar-refractivity contribution is 5.51. The van der Waals surface area contributed by atoms with Crippen LogP contribution in [0.4, 0.5) is 0 Å². The van der Waals surface area contributed by atoms with Gasteiger partial charge in [0.15, 0.2) is 0 Å². The first kappa shape index (κ1) is 17.2. The Morgan fingerprint density at radius 3 is 2.55 bits per heavy atom. The molecule has 0 radical (unpaired) electrons. The van der Waals surface area contributed by atoms with E-state index >= 15 is 0 Å². The Morgan fingerprint density at radius 2 is 1.86 bits per heavy atom. The fourth-order valence-corrected chi connectivity index (χ4v) is 3.91. The Balaban J connectivity index is 2.03. The smallest absolute Gasteiger partial charge is 0.0385 e.